The molecule has 0 N–H and O–H groups in total. The molecule has 5 aliphatic rings. The minimum absolute atomic E-state index is 0.0266. The Morgan fingerprint density at radius 1 is 1.06 bits per heavy atom. The number of ether oxygens (including phenoxy) is 4. The summed E-state index contributed by atoms with van der Waals surface area (Å²) >= 11 is 0. The van der Waals surface area contributed by atoms with Gasteiger partial charge in [-0.15, -0.1) is 0 Å². The predicted molar refractivity (Wildman–Crippen MR) is 136 cm³/mol. The first-order valence-electron chi connectivity index (χ1n) is 14.0. The van der Waals surface area contributed by atoms with E-state index in [1.807, 2.05) is 13.8 Å². The molecule has 6 heteroatoms. The molecule has 6 nitrogen and oxygen atoms in total. The van der Waals surface area contributed by atoms with Crippen LogP contribution in [-0.2, 0) is 28.5 Å². The van der Waals surface area contributed by atoms with Gasteiger partial charge in [0.1, 0.15) is 17.3 Å². The topological polar surface area (TPSA) is 71.1 Å². The molecule has 0 aromatic carbocycles. The van der Waals surface area contributed by atoms with Crippen molar-refractivity contribution < 1.29 is 28.5 Å². The number of allylic oxidation sites excluding steroid dienone is 2. The molecule has 5 rings (SSSR count). The van der Waals surface area contributed by atoms with Gasteiger partial charge in [-0.3, -0.25) is 4.79 Å². The maximum atomic E-state index is 12.7. The van der Waals surface area contributed by atoms with E-state index in [0.29, 0.717) is 37.4 Å². The van der Waals surface area contributed by atoms with Crippen LogP contribution in [0.3, 0.4) is 0 Å². The quantitative estimate of drug-likeness (QED) is 0.274. The van der Waals surface area contributed by atoms with E-state index in [4.69, 9.17) is 18.9 Å². The zero-order valence-corrected chi connectivity index (χ0v) is 22.8. The lowest BCUT2D eigenvalue weighted by Crippen LogP contribution is -2.59. The van der Waals surface area contributed by atoms with Crippen LogP contribution in [-0.4, -0.2) is 48.1 Å². The third-order valence-corrected chi connectivity index (χ3v) is 10.2. The van der Waals surface area contributed by atoms with E-state index in [1.165, 1.54) is 18.4 Å². The number of fused-ring (bicyclic) bond motifs is 3. The predicted octanol–water partition coefficient (Wildman–Crippen LogP) is 5.69. The molecule has 6 atom stereocenters. The second-order valence-electron chi connectivity index (χ2n) is 13.2. The maximum absolute atomic E-state index is 12.7. The minimum Gasteiger partial charge on any atom is -0.462 e. The Kier molecular flexibility index (Phi) is 6.57. The van der Waals surface area contributed by atoms with Crippen molar-refractivity contribution in [3.05, 3.63) is 23.8 Å². The van der Waals surface area contributed by atoms with Crippen LogP contribution >= 0.6 is 0 Å². The van der Waals surface area contributed by atoms with Gasteiger partial charge in [0.2, 0.25) is 0 Å². The van der Waals surface area contributed by atoms with Gasteiger partial charge in [-0.05, 0) is 82.5 Å². The minimum atomic E-state index is -0.831. The lowest BCUT2D eigenvalue weighted by atomic mass is 9.58. The van der Waals surface area contributed by atoms with E-state index in [-0.39, 0.29) is 17.2 Å². The van der Waals surface area contributed by atoms with Gasteiger partial charge in [0.15, 0.2) is 11.6 Å². The number of ketones is 1. The van der Waals surface area contributed by atoms with Crippen molar-refractivity contribution >= 4 is 11.8 Å². The van der Waals surface area contributed by atoms with Crippen molar-refractivity contribution in [2.75, 3.05) is 13.2 Å². The number of carbonyl (C=O) groups excluding carboxylic acids is 2. The normalized spacial score (nSPS) is 42.8. The Morgan fingerprint density at radius 2 is 1.83 bits per heavy atom. The number of Topliss-reactive ketones (excluding diaryl/α,β-unsaturated/α-hetero) is 1. The van der Waals surface area contributed by atoms with Crippen LogP contribution in [0, 0.1) is 23.2 Å². The Balaban J connectivity index is 1.18. The zero-order valence-electron chi connectivity index (χ0n) is 22.8. The van der Waals surface area contributed by atoms with Crippen LogP contribution in [0.1, 0.15) is 92.4 Å². The lowest BCUT2D eigenvalue weighted by molar-refractivity contribution is -0.316. The fraction of sp³-hybridized carbons (Fsp3) is 0.800. The van der Waals surface area contributed by atoms with Gasteiger partial charge < -0.3 is 18.9 Å². The van der Waals surface area contributed by atoms with Gasteiger partial charge in [-0.25, -0.2) is 4.79 Å². The molecule has 1 aliphatic carbocycles. The summed E-state index contributed by atoms with van der Waals surface area (Å²) in [5.74, 6) is 0.550. The van der Waals surface area contributed by atoms with E-state index in [0.717, 1.165) is 44.1 Å². The van der Waals surface area contributed by atoms with Crippen LogP contribution in [0.5, 0.6) is 0 Å². The molecular weight excluding hydrogens is 456 g/mol. The van der Waals surface area contributed by atoms with Crippen molar-refractivity contribution in [2.24, 2.45) is 23.2 Å². The van der Waals surface area contributed by atoms with Crippen LogP contribution in [0.2, 0.25) is 0 Å². The second kappa shape index (κ2) is 9.06. The van der Waals surface area contributed by atoms with Gasteiger partial charge in [-0.1, -0.05) is 32.1 Å². The first kappa shape index (κ1) is 26.1. The van der Waals surface area contributed by atoms with Gasteiger partial charge >= 0.3 is 5.97 Å². The highest BCUT2D eigenvalue weighted by molar-refractivity contribution is 5.92. The molecule has 0 unspecified atom stereocenters. The smallest absolute Gasteiger partial charge is 0.333 e. The molecule has 0 aromatic rings. The fourth-order valence-electron chi connectivity index (χ4n) is 7.75. The number of carbonyl (C=O) groups is 2. The summed E-state index contributed by atoms with van der Waals surface area (Å²) in [4.78, 5) is 24.6. The van der Waals surface area contributed by atoms with Gasteiger partial charge in [0.25, 0.3) is 0 Å². The zero-order chi connectivity index (χ0) is 25.9. The molecule has 4 aliphatic heterocycles. The Labute approximate surface area is 216 Å². The lowest BCUT2D eigenvalue weighted by Gasteiger charge is -2.49. The van der Waals surface area contributed by atoms with Crippen molar-refractivity contribution in [3.8, 4) is 0 Å². The van der Waals surface area contributed by atoms with Crippen LogP contribution in [0.4, 0.5) is 0 Å². The summed E-state index contributed by atoms with van der Waals surface area (Å²) < 4.78 is 24.2. The molecule has 0 radical (unpaired) electrons. The monoisotopic (exact) mass is 500 g/mol. The highest BCUT2D eigenvalue weighted by Crippen LogP contribution is 2.55. The first-order chi connectivity index (χ1) is 16.9. The fourth-order valence-corrected chi connectivity index (χ4v) is 7.75. The van der Waals surface area contributed by atoms with Crippen molar-refractivity contribution in [1.29, 1.82) is 0 Å². The average Bonchev–Trinajstić information content (AvgIpc) is 3.31. The highest BCUT2D eigenvalue weighted by atomic mass is 16.7. The Hall–Kier alpha value is -1.50. The number of hydrogen-bond acceptors (Lipinski definition) is 6. The molecule has 4 saturated heterocycles. The van der Waals surface area contributed by atoms with Gasteiger partial charge in [0.05, 0.1) is 13.2 Å². The van der Waals surface area contributed by atoms with E-state index < -0.39 is 23.1 Å². The molecular formula is C30H44O6. The highest BCUT2D eigenvalue weighted by Gasteiger charge is 2.67. The SMILES string of the molecule is C=C1CC[C@@H](CC[C@H]2CC[C@]3(OC2)O[C@H]2C[C@]3(C)OC(C)(C)C2=O)C(C)(C)[C@H]1C/C=C1/CCOC1=O. The van der Waals surface area contributed by atoms with Gasteiger partial charge in [0, 0.05) is 24.8 Å². The standard InChI is InChI=1S/C30H44O6/c1-19-7-10-22(27(2,3)23(19)12-9-21-14-16-33-26(21)32)11-8-20-13-15-30(34-18-20)29(6)17-24(35-30)25(31)28(4,5)36-29/h9,20,22-24H,1,7-8,10-18H2,2-6H3/b21-9-/t20-,22-,23-,24-,29-,30-/m0/s1. The first-order valence-corrected chi connectivity index (χ1v) is 14.0. The summed E-state index contributed by atoms with van der Waals surface area (Å²) in [6.07, 6.45) is 10.2. The van der Waals surface area contributed by atoms with Crippen LogP contribution < -0.4 is 0 Å². The average molecular weight is 501 g/mol. The third kappa shape index (κ3) is 4.31. The number of cyclic esters (lactones) is 1. The number of rotatable bonds is 5. The summed E-state index contributed by atoms with van der Waals surface area (Å²) in [6, 6.07) is 0. The Morgan fingerprint density at radius 3 is 2.50 bits per heavy atom. The molecule has 4 heterocycles. The van der Waals surface area contributed by atoms with Crippen molar-refractivity contribution in [2.45, 2.75) is 115 Å². The van der Waals surface area contributed by atoms with Crippen molar-refractivity contribution in [1.82, 2.24) is 0 Å². The summed E-state index contributed by atoms with van der Waals surface area (Å²) in [5, 5.41) is 0. The second-order valence-corrected chi connectivity index (χ2v) is 13.2. The summed E-state index contributed by atoms with van der Waals surface area (Å²) in [6.45, 7) is 16.1. The molecule has 0 amide bonds. The maximum Gasteiger partial charge on any atom is 0.333 e. The van der Waals surface area contributed by atoms with E-state index in [9.17, 15) is 9.59 Å². The summed E-state index contributed by atoms with van der Waals surface area (Å²) in [5.41, 5.74) is 0.861. The molecule has 5 fully saturated rings. The molecule has 200 valence electrons. The van der Waals surface area contributed by atoms with E-state index in [2.05, 4.69) is 33.4 Å². The molecule has 0 aromatic heterocycles. The third-order valence-electron chi connectivity index (χ3n) is 10.2. The Bertz CT molecular complexity index is 952. The van der Waals surface area contributed by atoms with Gasteiger partial charge in [-0.2, -0.15) is 0 Å². The molecule has 1 spiro atoms. The summed E-state index contributed by atoms with van der Waals surface area (Å²) in [7, 11) is 0. The van der Waals surface area contributed by atoms with E-state index in [1.54, 1.807) is 0 Å². The molecule has 36 heavy (non-hydrogen) atoms. The van der Waals surface area contributed by atoms with Crippen LogP contribution in [0.25, 0.3) is 0 Å². The largest absolute Gasteiger partial charge is 0.462 e. The van der Waals surface area contributed by atoms with E-state index >= 15 is 0 Å². The number of hydrogen-bond donors (Lipinski definition) is 0. The molecule has 2 bridgehead atoms. The number of esters is 1. The molecule has 1 saturated carbocycles. The van der Waals surface area contributed by atoms with Crippen LogP contribution in [0.15, 0.2) is 23.8 Å². The van der Waals surface area contributed by atoms with Crippen molar-refractivity contribution in [3.63, 3.8) is 0 Å².